The standard InChI is InChI=1S/C30H35BrN12O5/c1-16(31)25(44)36-17-9-22(41(3)12-17)27(46)38-19-11-24(43(5)14-19)29(48)39-20-10-23(42(4)15-20)28(47)37-18-8-21(40(2)13-18)26(45)34-6-7-35-30(32)33/h8-15H,1,6-7H2,2-5H3,(H,34,45)(H,36,44)(H,37,47)(H,38,46)(H,39,48)(H4,32,33,35)/i29+2. The molecule has 4 rings (SSSR count). The Kier molecular flexibility index (Phi) is 10.6. The molecule has 5 amide bonds. The van der Waals surface area contributed by atoms with Crippen LogP contribution in [0.15, 0.2) is 65.1 Å². The molecular weight excluding hydrogens is 690 g/mol. The summed E-state index contributed by atoms with van der Waals surface area (Å²) in [7, 11) is 6.62. The Labute approximate surface area is 283 Å². The first-order chi connectivity index (χ1) is 22.6. The van der Waals surface area contributed by atoms with Crippen molar-refractivity contribution in [3.63, 3.8) is 0 Å². The molecule has 0 atom stereocenters. The van der Waals surface area contributed by atoms with Crippen LogP contribution in [-0.2, 0) is 33.0 Å². The number of aromatic nitrogens is 4. The molecule has 0 radical (unpaired) electrons. The SMILES string of the molecule is C=C(Br)C(=O)Nc1cc(C(=O)Nc2cc([14C](=O)Nc3cc(C(=O)Nc4cc(C(=O)NCCN=C(N)N)n(C)c4)n(C)c3)n(C)c2)n(C)c1. The fourth-order valence-electron chi connectivity index (χ4n) is 4.66. The molecule has 0 aliphatic carbocycles. The number of nitrogens with zero attached hydrogens (tertiary/aromatic N) is 5. The highest BCUT2D eigenvalue weighted by Gasteiger charge is 2.20. The van der Waals surface area contributed by atoms with Crippen molar-refractivity contribution < 1.29 is 24.0 Å². The third-order valence-corrected chi connectivity index (χ3v) is 7.28. The van der Waals surface area contributed by atoms with Crippen LogP contribution in [0.3, 0.4) is 0 Å². The maximum atomic E-state index is 13.2. The molecule has 0 aliphatic heterocycles. The van der Waals surface area contributed by atoms with Crippen LogP contribution in [0.5, 0.6) is 0 Å². The van der Waals surface area contributed by atoms with Crippen molar-refractivity contribution in [1.29, 1.82) is 0 Å². The van der Waals surface area contributed by atoms with Gasteiger partial charge in [0, 0.05) is 59.5 Å². The lowest BCUT2D eigenvalue weighted by molar-refractivity contribution is -0.112. The van der Waals surface area contributed by atoms with E-state index in [4.69, 9.17) is 11.5 Å². The minimum absolute atomic E-state index is 0.0713. The highest BCUT2D eigenvalue weighted by molar-refractivity contribution is 9.12. The lowest BCUT2D eigenvalue weighted by atomic mass is 10.3. The molecule has 17 nitrogen and oxygen atoms in total. The van der Waals surface area contributed by atoms with Crippen LogP contribution in [0.25, 0.3) is 0 Å². The van der Waals surface area contributed by atoms with Crippen molar-refractivity contribution >= 4 is 74.2 Å². The molecule has 0 fully saturated rings. The normalized spacial score (nSPS) is 10.6. The van der Waals surface area contributed by atoms with Crippen LogP contribution in [0.4, 0.5) is 22.7 Å². The molecule has 18 heteroatoms. The van der Waals surface area contributed by atoms with E-state index in [1.165, 1.54) is 24.3 Å². The Morgan fingerprint density at radius 1 is 0.750 bits per heavy atom. The molecule has 0 aromatic carbocycles. The molecule has 0 bridgehead atoms. The predicted molar refractivity (Wildman–Crippen MR) is 185 cm³/mol. The van der Waals surface area contributed by atoms with Gasteiger partial charge in [0.25, 0.3) is 29.5 Å². The number of nitrogens with two attached hydrogens (primary N) is 2. The second kappa shape index (κ2) is 14.6. The molecule has 0 aliphatic rings. The summed E-state index contributed by atoms with van der Waals surface area (Å²) in [6.07, 6.45) is 6.33. The zero-order chi connectivity index (χ0) is 35.3. The van der Waals surface area contributed by atoms with Crippen LogP contribution in [0, 0.1) is 0 Å². The summed E-state index contributed by atoms with van der Waals surface area (Å²) >= 11 is 3.01. The zero-order valence-electron chi connectivity index (χ0n) is 26.6. The summed E-state index contributed by atoms with van der Waals surface area (Å²) < 4.78 is 6.35. The maximum absolute atomic E-state index is 13.2. The van der Waals surface area contributed by atoms with Crippen LogP contribution in [-0.4, -0.2) is 66.9 Å². The summed E-state index contributed by atoms with van der Waals surface area (Å²) in [6, 6.07) is 6.06. The summed E-state index contributed by atoms with van der Waals surface area (Å²) in [6.45, 7) is 3.97. The number of guanidine groups is 1. The quantitative estimate of drug-likeness (QED) is 0.0494. The maximum Gasteiger partial charge on any atom is 0.272 e. The molecule has 0 unspecified atom stereocenters. The predicted octanol–water partition coefficient (Wildman–Crippen LogP) is 1.65. The van der Waals surface area contributed by atoms with Gasteiger partial charge in [-0.05, 0) is 40.2 Å². The minimum atomic E-state index is -0.479. The van der Waals surface area contributed by atoms with E-state index < -0.39 is 23.6 Å². The van der Waals surface area contributed by atoms with Crippen molar-refractivity contribution in [3.8, 4) is 0 Å². The van der Waals surface area contributed by atoms with Crippen LogP contribution in [0.2, 0.25) is 0 Å². The number of carbonyl (C=O) groups is 5. The van der Waals surface area contributed by atoms with Gasteiger partial charge in [-0.15, -0.1) is 0 Å². The van der Waals surface area contributed by atoms with Gasteiger partial charge in [0.15, 0.2) is 5.96 Å². The van der Waals surface area contributed by atoms with Gasteiger partial charge in [0.05, 0.1) is 33.8 Å². The summed E-state index contributed by atoms with van der Waals surface area (Å²) in [5, 5.41) is 13.6. The Bertz CT molecular complexity index is 1960. The second-order valence-electron chi connectivity index (χ2n) is 10.7. The van der Waals surface area contributed by atoms with Gasteiger partial charge in [0.2, 0.25) is 0 Å². The van der Waals surface area contributed by atoms with Crippen molar-refractivity contribution in [3.05, 3.63) is 82.9 Å². The summed E-state index contributed by atoms with van der Waals surface area (Å²) in [5.74, 6) is -2.28. The number of amides is 5. The smallest absolute Gasteiger partial charge is 0.272 e. The van der Waals surface area contributed by atoms with Gasteiger partial charge < -0.3 is 56.3 Å². The van der Waals surface area contributed by atoms with E-state index in [0.717, 1.165) is 0 Å². The molecule has 0 saturated heterocycles. The van der Waals surface area contributed by atoms with Gasteiger partial charge in [-0.1, -0.05) is 6.58 Å². The molecule has 0 spiro atoms. The highest BCUT2D eigenvalue weighted by Crippen LogP contribution is 2.21. The first-order valence-electron chi connectivity index (χ1n) is 14.2. The second-order valence-corrected chi connectivity index (χ2v) is 11.6. The third kappa shape index (κ3) is 8.40. The molecule has 4 heterocycles. The van der Waals surface area contributed by atoms with E-state index >= 15 is 0 Å². The number of aliphatic imine (C=N–C) groups is 1. The average Bonchev–Trinajstić information content (AvgIpc) is 3.76. The fraction of sp³-hybridized carbons (Fsp3) is 0.200. The molecule has 4 aromatic heterocycles. The number of carbonyl (C=O) groups excluding carboxylic acids is 5. The van der Waals surface area contributed by atoms with Crippen LogP contribution in [0.1, 0.15) is 42.0 Å². The molecule has 0 saturated carbocycles. The molecule has 4 aromatic rings. The van der Waals surface area contributed by atoms with E-state index in [1.54, 1.807) is 71.2 Å². The lowest BCUT2D eigenvalue weighted by Gasteiger charge is -2.04. The van der Waals surface area contributed by atoms with Gasteiger partial charge in [-0.2, -0.15) is 0 Å². The monoisotopic (exact) mass is 724 g/mol. The summed E-state index contributed by atoms with van der Waals surface area (Å²) in [5.41, 5.74) is 13.2. The van der Waals surface area contributed by atoms with Crippen LogP contribution >= 0.6 is 15.9 Å². The van der Waals surface area contributed by atoms with E-state index in [9.17, 15) is 24.0 Å². The Morgan fingerprint density at radius 2 is 1.21 bits per heavy atom. The fourth-order valence-corrected chi connectivity index (χ4v) is 4.76. The number of halogens is 1. The molecule has 252 valence electrons. The highest BCUT2D eigenvalue weighted by atomic mass is 79.9. The number of aryl methyl sites for hydroxylation is 4. The summed E-state index contributed by atoms with van der Waals surface area (Å²) in [4.78, 5) is 67.4. The van der Waals surface area contributed by atoms with Crippen molar-refractivity contribution in [2.75, 3.05) is 34.4 Å². The Balaban J connectivity index is 1.37. The van der Waals surface area contributed by atoms with Crippen molar-refractivity contribution in [2.24, 2.45) is 44.7 Å². The molecular formula is C30H35BrN12O5. The van der Waals surface area contributed by atoms with Crippen molar-refractivity contribution in [2.45, 2.75) is 0 Å². The topological polar surface area (TPSA) is 230 Å². The van der Waals surface area contributed by atoms with Gasteiger partial charge in [-0.25, -0.2) is 0 Å². The lowest BCUT2D eigenvalue weighted by Crippen LogP contribution is -2.29. The van der Waals surface area contributed by atoms with Gasteiger partial charge in [-0.3, -0.25) is 29.0 Å². The van der Waals surface area contributed by atoms with Gasteiger partial charge in [0.1, 0.15) is 22.8 Å². The van der Waals surface area contributed by atoms with Gasteiger partial charge >= 0.3 is 0 Å². The number of hydrogen-bond donors (Lipinski definition) is 7. The Morgan fingerprint density at radius 3 is 1.75 bits per heavy atom. The zero-order valence-corrected chi connectivity index (χ0v) is 28.1. The van der Waals surface area contributed by atoms with E-state index in [1.807, 2.05) is 0 Å². The number of nitrogens with one attached hydrogen (secondary N) is 5. The first kappa shape index (κ1) is 34.8. The molecule has 48 heavy (non-hydrogen) atoms. The number of hydrogen-bond acceptors (Lipinski definition) is 6. The molecule has 9 N–H and O–H groups in total. The third-order valence-electron chi connectivity index (χ3n) is 6.92. The first-order valence-corrected chi connectivity index (χ1v) is 15.0. The van der Waals surface area contributed by atoms with E-state index in [0.29, 0.717) is 28.4 Å². The minimum Gasteiger partial charge on any atom is -0.370 e. The van der Waals surface area contributed by atoms with Crippen LogP contribution < -0.4 is 38.1 Å². The van der Waals surface area contributed by atoms with E-state index in [2.05, 4.69) is 54.1 Å². The van der Waals surface area contributed by atoms with E-state index in [-0.39, 0.29) is 46.5 Å². The number of anilines is 4. The van der Waals surface area contributed by atoms with Crippen molar-refractivity contribution in [1.82, 2.24) is 23.6 Å². The largest absolute Gasteiger partial charge is 0.370 e. The number of rotatable bonds is 12. The Hall–Kier alpha value is -6.04. The average molecular weight is 726 g/mol.